The molecule has 0 saturated carbocycles. The lowest BCUT2D eigenvalue weighted by Gasteiger charge is -2.43. The van der Waals surface area contributed by atoms with Crippen molar-refractivity contribution in [1.29, 1.82) is 0 Å². The van der Waals surface area contributed by atoms with Gasteiger partial charge in [0.25, 0.3) is 5.91 Å². The highest BCUT2D eigenvalue weighted by molar-refractivity contribution is 5.94. The Morgan fingerprint density at radius 1 is 1.07 bits per heavy atom. The van der Waals surface area contributed by atoms with Crippen molar-refractivity contribution in [2.45, 2.75) is 39.4 Å². The van der Waals surface area contributed by atoms with Crippen LogP contribution in [-0.4, -0.2) is 36.5 Å². The van der Waals surface area contributed by atoms with Gasteiger partial charge in [-0.05, 0) is 41.6 Å². The first kappa shape index (κ1) is 22.4. The van der Waals surface area contributed by atoms with E-state index in [0.717, 1.165) is 23.1 Å². The normalized spacial score (nSPS) is 19.8. The molecular formula is C23H31ClN2O2. The summed E-state index contributed by atoms with van der Waals surface area (Å²) in [6.07, 6.45) is 0.704. The number of nitrogens with zero attached hydrogens (tertiary/aromatic N) is 1. The minimum Gasteiger partial charge on any atom is -0.366 e. The number of rotatable bonds is 4. The van der Waals surface area contributed by atoms with Crippen LogP contribution in [-0.2, 0) is 11.2 Å². The SMILES string of the molecule is CC(C)(C)[C@H]1CN(C(=O)c2ccc(CCN)cc2)C[C@@H](c2ccccc2)O1.Cl. The van der Waals surface area contributed by atoms with Crippen LogP contribution in [0.5, 0.6) is 0 Å². The molecule has 0 spiro atoms. The Bertz CT molecular complexity index is 756. The van der Waals surface area contributed by atoms with Gasteiger partial charge in [0, 0.05) is 12.1 Å². The third kappa shape index (κ3) is 5.34. The molecule has 2 aromatic rings. The van der Waals surface area contributed by atoms with E-state index in [1.165, 1.54) is 0 Å². The maximum Gasteiger partial charge on any atom is 0.254 e. The molecule has 3 rings (SSSR count). The predicted molar refractivity (Wildman–Crippen MR) is 116 cm³/mol. The van der Waals surface area contributed by atoms with Crippen molar-refractivity contribution in [1.82, 2.24) is 4.90 Å². The number of carbonyl (C=O) groups excluding carboxylic acids is 1. The molecule has 1 heterocycles. The van der Waals surface area contributed by atoms with Gasteiger partial charge in [-0.2, -0.15) is 0 Å². The summed E-state index contributed by atoms with van der Waals surface area (Å²) in [5.41, 5.74) is 8.56. The summed E-state index contributed by atoms with van der Waals surface area (Å²) in [4.78, 5) is 15.1. The topological polar surface area (TPSA) is 55.6 Å². The van der Waals surface area contributed by atoms with E-state index in [2.05, 4.69) is 32.9 Å². The molecule has 1 aliphatic rings. The Kier molecular flexibility index (Phi) is 7.64. The van der Waals surface area contributed by atoms with Crippen LogP contribution in [0.4, 0.5) is 0 Å². The number of benzene rings is 2. The van der Waals surface area contributed by atoms with Crippen LogP contribution in [0, 0.1) is 5.41 Å². The molecule has 0 aromatic heterocycles. The van der Waals surface area contributed by atoms with E-state index in [9.17, 15) is 4.79 Å². The number of ether oxygens (including phenoxy) is 1. The average molecular weight is 403 g/mol. The molecule has 1 aliphatic heterocycles. The van der Waals surface area contributed by atoms with Crippen molar-refractivity contribution in [3.05, 3.63) is 71.3 Å². The van der Waals surface area contributed by atoms with Crippen LogP contribution < -0.4 is 5.73 Å². The molecular weight excluding hydrogens is 372 g/mol. The first-order chi connectivity index (χ1) is 12.9. The quantitative estimate of drug-likeness (QED) is 0.832. The second-order valence-electron chi connectivity index (χ2n) is 8.34. The highest BCUT2D eigenvalue weighted by atomic mass is 35.5. The first-order valence-electron chi connectivity index (χ1n) is 9.67. The summed E-state index contributed by atoms with van der Waals surface area (Å²) in [5.74, 6) is 0.0628. The molecule has 5 heteroatoms. The number of carbonyl (C=O) groups is 1. The Hall–Kier alpha value is -1.88. The zero-order valence-corrected chi connectivity index (χ0v) is 17.7. The molecule has 28 heavy (non-hydrogen) atoms. The third-order valence-corrected chi connectivity index (χ3v) is 5.16. The van der Waals surface area contributed by atoms with Gasteiger partial charge in [-0.15, -0.1) is 12.4 Å². The van der Waals surface area contributed by atoms with Gasteiger partial charge in [0.1, 0.15) is 6.10 Å². The Morgan fingerprint density at radius 2 is 1.71 bits per heavy atom. The lowest BCUT2D eigenvalue weighted by Crippen LogP contribution is -2.51. The average Bonchev–Trinajstić information content (AvgIpc) is 2.68. The number of hydrogen-bond acceptors (Lipinski definition) is 3. The molecule has 1 amide bonds. The molecule has 0 aliphatic carbocycles. The van der Waals surface area contributed by atoms with Gasteiger partial charge >= 0.3 is 0 Å². The largest absolute Gasteiger partial charge is 0.366 e. The van der Waals surface area contributed by atoms with Crippen LogP contribution in [0.25, 0.3) is 0 Å². The van der Waals surface area contributed by atoms with E-state index in [4.69, 9.17) is 10.5 Å². The molecule has 0 unspecified atom stereocenters. The summed E-state index contributed by atoms with van der Waals surface area (Å²) < 4.78 is 6.40. The van der Waals surface area contributed by atoms with Crippen LogP contribution in [0.15, 0.2) is 54.6 Å². The number of amides is 1. The number of nitrogens with two attached hydrogens (primary N) is 1. The second kappa shape index (κ2) is 9.55. The van der Waals surface area contributed by atoms with E-state index >= 15 is 0 Å². The Labute approximate surface area is 174 Å². The van der Waals surface area contributed by atoms with Gasteiger partial charge < -0.3 is 15.4 Å². The van der Waals surface area contributed by atoms with E-state index in [1.807, 2.05) is 47.4 Å². The van der Waals surface area contributed by atoms with E-state index < -0.39 is 0 Å². The summed E-state index contributed by atoms with van der Waals surface area (Å²) in [6, 6.07) is 18.0. The van der Waals surface area contributed by atoms with Gasteiger partial charge in [-0.3, -0.25) is 4.79 Å². The van der Waals surface area contributed by atoms with Crippen molar-refractivity contribution < 1.29 is 9.53 Å². The maximum absolute atomic E-state index is 13.2. The molecule has 0 radical (unpaired) electrons. The van der Waals surface area contributed by atoms with Crippen molar-refractivity contribution in [2.75, 3.05) is 19.6 Å². The summed E-state index contributed by atoms with van der Waals surface area (Å²) in [5, 5.41) is 0. The smallest absolute Gasteiger partial charge is 0.254 e. The fourth-order valence-electron chi connectivity index (χ4n) is 3.42. The minimum absolute atomic E-state index is 0. The van der Waals surface area contributed by atoms with E-state index in [1.54, 1.807) is 0 Å². The first-order valence-corrected chi connectivity index (χ1v) is 9.67. The highest BCUT2D eigenvalue weighted by Gasteiger charge is 2.37. The maximum atomic E-state index is 13.2. The van der Waals surface area contributed by atoms with Crippen molar-refractivity contribution >= 4 is 18.3 Å². The second-order valence-corrected chi connectivity index (χ2v) is 8.34. The summed E-state index contributed by atoms with van der Waals surface area (Å²) in [6.45, 7) is 8.28. The molecule has 0 bridgehead atoms. The third-order valence-electron chi connectivity index (χ3n) is 5.16. The molecule has 152 valence electrons. The molecule has 2 atom stereocenters. The number of halogens is 1. The minimum atomic E-state index is -0.107. The van der Waals surface area contributed by atoms with Crippen molar-refractivity contribution in [2.24, 2.45) is 11.1 Å². The van der Waals surface area contributed by atoms with Gasteiger partial charge in [-0.25, -0.2) is 0 Å². The summed E-state index contributed by atoms with van der Waals surface area (Å²) >= 11 is 0. The standard InChI is InChI=1S/C23H30N2O2.ClH/c1-23(2,3)21-16-25(15-20(27-21)18-7-5-4-6-8-18)22(26)19-11-9-17(10-12-19)13-14-24;/h4-12,20-21H,13-16,24H2,1-3H3;1H/t20-,21+;/m0./s1. The fourth-order valence-corrected chi connectivity index (χ4v) is 3.42. The molecule has 2 N–H and O–H groups in total. The van der Waals surface area contributed by atoms with E-state index in [0.29, 0.717) is 19.6 Å². The molecule has 4 nitrogen and oxygen atoms in total. The molecule has 2 aromatic carbocycles. The zero-order chi connectivity index (χ0) is 19.4. The van der Waals surface area contributed by atoms with Gasteiger partial charge in [-0.1, -0.05) is 63.2 Å². The van der Waals surface area contributed by atoms with Crippen molar-refractivity contribution in [3.8, 4) is 0 Å². The highest BCUT2D eigenvalue weighted by Crippen LogP contribution is 2.34. The molecule has 1 fully saturated rings. The Morgan fingerprint density at radius 3 is 2.29 bits per heavy atom. The van der Waals surface area contributed by atoms with Crippen LogP contribution >= 0.6 is 12.4 Å². The monoisotopic (exact) mass is 402 g/mol. The Balaban J connectivity index is 0.00000280. The predicted octanol–water partition coefficient (Wildman–Crippen LogP) is 4.24. The van der Waals surface area contributed by atoms with Crippen LogP contribution in [0.3, 0.4) is 0 Å². The molecule has 1 saturated heterocycles. The lowest BCUT2D eigenvalue weighted by molar-refractivity contribution is -0.119. The van der Waals surface area contributed by atoms with Gasteiger partial charge in [0.05, 0.1) is 12.6 Å². The number of morpholine rings is 1. The van der Waals surface area contributed by atoms with Crippen LogP contribution in [0.1, 0.15) is 48.4 Å². The fraction of sp³-hybridized carbons (Fsp3) is 0.435. The van der Waals surface area contributed by atoms with Crippen molar-refractivity contribution in [3.63, 3.8) is 0 Å². The van der Waals surface area contributed by atoms with Gasteiger partial charge in [0.15, 0.2) is 0 Å². The number of hydrogen-bond donors (Lipinski definition) is 1. The zero-order valence-electron chi connectivity index (χ0n) is 16.9. The lowest BCUT2D eigenvalue weighted by atomic mass is 9.87. The summed E-state index contributed by atoms with van der Waals surface area (Å²) in [7, 11) is 0. The van der Waals surface area contributed by atoms with Gasteiger partial charge in [0.2, 0.25) is 0 Å². The van der Waals surface area contributed by atoms with E-state index in [-0.39, 0.29) is 35.9 Å². The van der Waals surface area contributed by atoms with Crippen LogP contribution in [0.2, 0.25) is 0 Å².